The molecule has 0 fully saturated rings. The second-order valence-electron chi connectivity index (χ2n) is 5.61. The molecular formula is C19H16F2N2O3. The number of para-hydroxylation sites is 1. The average molecular weight is 358 g/mol. The minimum Gasteiger partial charge on any atom is -0.421 e. The van der Waals surface area contributed by atoms with Gasteiger partial charge in [-0.2, -0.15) is 0 Å². The maximum absolute atomic E-state index is 13.8. The number of benzene rings is 2. The van der Waals surface area contributed by atoms with Crippen LogP contribution in [0.15, 0.2) is 51.7 Å². The highest BCUT2D eigenvalue weighted by Gasteiger charge is 2.21. The van der Waals surface area contributed by atoms with Gasteiger partial charge in [0.05, 0.1) is 5.69 Å². The van der Waals surface area contributed by atoms with Crippen molar-refractivity contribution in [3.05, 3.63) is 70.1 Å². The summed E-state index contributed by atoms with van der Waals surface area (Å²) in [7, 11) is 0. The molecule has 0 aliphatic carbocycles. The number of hydrogen-bond acceptors (Lipinski definition) is 4. The highest BCUT2D eigenvalue weighted by Crippen LogP contribution is 2.29. The molecule has 3 rings (SSSR count). The summed E-state index contributed by atoms with van der Waals surface area (Å²) in [6.07, 6.45) is 0.768. The van der Waals surface area contributed by atoms with Crippen LogP contribution in [-0.2, 0) is 0 Å². The molecule has 0 aliphatic rings. The summed E-state index contributed by atoms with van der Waals surface area (Å²) >= 11 is 0. The van der Waals surface area contributed by atoms with Crippen LogP contribution in [0.25, 0.3) is 11.0 Å². The van der Waals surface area contributed by atoms with Crippen LogP contribution in [0.1, 0.15) is 23.7 Å². The minimum atomic E-state index is -1.07. The number of amides is 1. The molecule has 2 aromatic carbocycles. The number of carbonyl (C=O) groups excluding carboxylic acids is 1. The SMILES string of the molecule is CCCNc1c(NC(=O)c2c(F)cccc2F)c(=O)oc2ccccc12. The van der Waals surface area contributed by atoms with E-state index in [0.29, 0.717) is 23.2 Å². The van der Waals surface area contributed by atoms with Gasteiger partial charge in [-0.05, 0) is 30.7 Å². The molecule has 0 saturated heterocycles. The summed E-state index contributed by atoms with van der Waals surface area (Å²) in [5, 5.41) is 5.93. The van der Waals surface area contributed by atoms with Crippen LogP contribution in [0.2, 0.25) is 0 Å². The molecule has 26 heavy (non-hydrogen) atoms. The summed E-state index contributed by atoms with van der Waals surface area (Å²) in [6, 6.07) is 9.89. The zero-order chi connectivity index (χ0) is 18.7. The first-order chi connectivity index (χ1) is 12.5. The Kier molecular flexibility index (Phi) is 4.97. The van der Waals surface area contributed by atoms with Crippen LogP contribution >= 0.6 is 0 Å². The predicted octanol–water partition coefficient (Wildman–Crippen LogP) is 4.15. The van der Waals surface area contributed by atoms with E-state index in [9.17, 15) is 18.4 Å². The van der Waals surface area contributed by atoms with Crippen LogP contribution in [-0.4, -0.2) is 12.5 Å². The summed E-state index contributed by atoms with van der Waals surface area (Å²) in [6.45, 7) is 2.47. The lowest BCUT2D eigenvalue weighted by atomic mass is 10.1. The van der Waals surface area contributed by atoms with Gasteiger partial charge in [-0.1, -0.05) is 25.1 Å². The molecule has 7 heteroatoms. The van der Waals surface area contributed by atoms with Crippen molar-refractivity contribution < 1.29 is 18.0 Å². The molecule has 5 nitrogen and oxygen atoms in total. The first-order valence-corrected chi connectivity index (χ1v) is 8.08. The number of fused-ring (bicyclic) bond motifs is 1. The Morgan fingerprint density at radius 3 is 2.42 bits per heavy atom. The van der Waals surface area contributed by atoms with E-state index in [1.165, 1.54) is 0 Å². The monoisotopic (exact) mass is 358 g/mol. The molecule has 0 saturated carbocycles. The number of hydrogen-bond donors (Lipinski definition) is 2. The second kappa shape index (κ2) is 7.35. The highest BCUT2D eigenvalue weighted by atomic mass is 19.1. The molecule has 134 valence electrons. The Balaban J connectivity index is 2.10. The van der Waals surface area contributed by atoms with Crippen molar-refractivity contribution in [3.8, 4) is 0 Å². The summed E-state index contributed by atoms with van der Waals surface area (Å²) in [5.41, 5.74) is -1.08. The fourth-order valence-corrected chi connectivity index (χ4v) is 2.59. The lowest BCUT2D eigenvalue weighted by Gasteiger charge is -2.14. The van der Waals surface area contributed by atoms with Gasteiger partial charge in [0.15, 0.2) is 5.69 Å². The Labute approximate surface area is 147 Å². The van der Waals surface area contributed by atoms with Crippen molar-refractivity contribution in [1.82, 2.24) is 0 Å². The molecule has 1 heterocycles. The van der Waals surface area contributed by atoms with Gasteiger partial charge >= 0.3 is 5.63 Å². The molecule has 0 bridgehead atoms. The Morgan fingerprint density at radius 2 is 1.73 bits per heavy atom. The van der Waals surface area contributed by atoms with Crippen LogP contribution < -0.4 is 16.3 Å². The summed E-state index contributed by atoms with van der Waals surface area (Å²) in [5.74, 6) is -3.10. The maximum atomic E-state index is 13.8. The number of carbonyl (C=O) groups is 1. The number of anilines is 2. The van der Waals surface area contributed by atoms with Gasteiger partial charge < -0.3 is 15.1 Å². The maximum Gasteiger partial charge on any atom is 0.362 e. The lowest BCUT2D eigenvalue weighted by molar-refractivity contribution is 0.101. The van der Waals surface area contributed by atoms with Gasteiger partial charge in [0.1, 0.15) is 22.8 Å². The van der Waals surface area contributed by atoms with Crippen molar-refractivity contribution in [1.29, 1.82) is 0 Å². The molecule has 1 amide bonds. The molecule has 3 aromatic rings. The molecule has 2 N–H and O–H groups in total. The van der Waals surface area contributed by atoms with E-state index >= 15 is 0 Å². The van der Waals surface area contributed by atoms with Crippen molar-refractivity contribution >= 4 is 28.3 Å². The fourth-order valence-electron chi connectivity index (χ4n) is 2.59. The Bertz CT molecular complexity index is 1010. The minimum absolute atomic E-state index is 0.190. The van der Waals surface area contributed by atoms with E-state index in [4.69, 9.17) is 4.42 Å². The average Bonchev–Trinajstić information content (AvgIpc) is 2.61. The first-order valence-electron chi connectivity index (χ1n) is 8.08. The predicted molar refractivity (Wildman–Crippen MR) is 95.6 cm³/mol. The smallest absolute Gasteiger partial charge is 0.362 e. The van der Waals surface area contributed by atoms with E-state index in [1.54, 1.807) is 24.3 Å². The second-order valence-corrected chi connectivity index (χ2v) is 5.61. The van der Waals surface area contributed by atoms with Gasteiger partial charge in [-0.25, -0.2) is 13.6 Å². The third-order valence-corrected chi connectivity index (χ3v) is 3.79. The van der Waals surface area contributed by atoms with E-state index in [1.807, 2.05) is 6.92 Å². The molecular weight excluding hydrogens is 342 g/mol. The van der Waals surface area contributed by atoms with Gasteiger partial charge in [-0.15, -0.1) is 0 Å². The third-order valence-electron chi connectivity index (χ3n) is 3.79. The molecule has 0 aliphatic heterocycles. The van der Waals surface area contributed by atoms with Gasteiger partial charge in [0.2, 0.25) is 0 Å². The largest absolute Gasteiger partial charge is 0.421 e. The van der Waals surface area contributed by atoms with Crippen molar-refractivity contribution in [2.75, 3.05) is 17.2 Å². The number of rotatable bonds is 5. The number of halogens is 2. The van der Waals surface area contributed by atoms with Crippen molar-refractivity contribution in [2.45, 2.75) is 13.3 Å². The topological polar surface area (TPSA) is 71.3 Å². The van der Waals surface area contributed by atoms with Crippen LogP contribution in [0.4, 0.5) is 20.2 Å². The first kappa shape index (κ1) is 17.6. The molecule has 0 spiro atoms. The normalized spacial score (nSPS) is 10.7. The van der Waals surface area contributed by atoms with Crippen LogP contribution in [0, 0.1) is 11.6 Å². The lowest BCUT2D eigenvalue weighted by Crippen LogP contribution is -2.22. The summed E-state index contributed by atoms with van der Waals surface area (Å²) < 4.78 is 32.9. The zero-order valence-corrected chi connectivity index (χ0v) is 13.9. The number of nitrogens with one attached hydrogen (secondary N) is 2. The van der Waals surface area contributed by atoms with Crippen LogP contribution in [0.5, 0.6) is 0 Å². The molecule has 1 aromatic heterocycles. The van der Waals surface area contributed by atoms with Crippen LogP contribution in [0.3, 0.4) is 0 Å². The standard InChI is InChI=1S/C19H16F2N2O3/c1-2-10-22-16-11-6-3-4-9-14(11)26-19(25)17(16)23-18(24)15-12(20)7-5-8-13(15)21/h3-9,22H,2,10H2,1H3,(H,23,24). The quantitative estimate of drug-likeness (QED) is 0.672. The summed E-state index contributed by atoms with van der Waals surface area (Å²) in [4.78, 5) is 24.7. The van der Waals surface area contributed by atoms with Crippen molar-refractivity contribution in [3.63, 3.8) is 0 Å². The molecule has 0 radical (unpaired) electrons. The van der Waals surface area contributed by atoms with Gasteiger partial charge in [-0.3, -0.25) is 4.79 Å². The Morgan fingerprint density at radius 1 is 1.04 bits per heavy atom. The van der Waals surface area contributed by atoms with E-state index < -0.39 is 28.7 Å². The fraction of sp³-hybridized carbons (Fsp3) is 0.158. The Hall–Kier alpha value is -3.22. The van der Waals surface area contributed by atoms with Gasteiger partial charge in [0.25, 0.3) is 5.91 Å². The van der Waals surface area contributed by atoms with Gasteiger partial charge in [0, 0.05) is 11.9 Å². The van der Waals surface area contributed by atoms with E-state index in [2.05, 4.69) is 10.6 Å². The van der Waals surface area contributed by atoms with Crippen molar-refractivity contribution in [2.24, 2.45) is 0 Å². The van der Waals surface area contributed by atoms with E-state index in [0.717, 1.165) is 24.6 Å². The van der Waals surface area contributed by atoms with E-state index in [-0.39, 0.29) is 5.69 Å². The molecule has 0 atom stereocenters. The molecule has 0 unspecified atom stereocenters. The highest BCUT2D eigenvalue weighted by molar-refractivity contribution is 6.08. The zero-order valence-electron chi connectivity index (χ0n) is 13.9. The third kappa shape index (κ3) is 3.28.